The zero-order valence-electron chi connectivity index (χ0n) is 14.7. The number of para-hydroxylation sites is 1. The average molecular weight is 343 g/mol. The van der Waals surface area contributed by atoms with Crippen molar-refractivity contribution in [1.29, 1.82) is 0 Å². The summed E-state index contributed by atoms with van der Waals surface area (Å²) in [6.45, 7) is 3.43. The third-order valence-electron chi connectivity index (χ3n) is 4.74. The standard InChI is InChI=1S/C19H25N3O3/c1-2-3-8-18(23)20-14-9-11-22(12-10-14)19(24)13-16-15-6-4-5-7-17(15)25-21-16/h4-7,14H,2-3,8-13H2,1H3,(H,20,23). The Labute approximate surface area is 147 Å². The highest BCUT2D eigenvalue weighted by Gasteiger charge is 2.24. The van der Waals surface area contributed by atoms with Gasteiger partial charge in [-0.2, -0.15) is 0 Å². The number of aromatic nitrogens is 1. The maximum absolute atomic E-state index is 12.5. The summed E-state index contributed by atoms with van der Waals surface area (Å²) in [6, 6.07) is 7.76. The van der Waals surface area contributed by atoms with Crippen molar-refractivity contribution in [2.24, 2.45) is 0 Å². The Kier molecular flexibility index (Phi) is 5.68. The van der Waals surface area contributed by atoms with Crippen LogP contribution in [0.25, 0.3) is 11.0 Å². The highest BCUT2D eigenvalue weighted by molar-refractivity contribution is 5.86. The summed E-state index contributed by atoms with van der Waals surface area (Å²) in [7, 11) is 0. The molecule has 1 aromatic carbocycles. The predicted molar refractivity (Wildman–Crippen MR) is 95.0 cm³/mol. The zero-order chi connectivity index (χ0) is 17.6. The quantitative estimate of drug-likeness (QED) is 0.875. The fourth-order valence-electron chi connectivity index (χ4n) is 3.23. The van der Waals surface area contributed by atoms with E-state index in [0.29, 0.717) is 30.8 Å². The molecule has 2 amide bonds. The number of rotatable bonds is 6. The second-order valence-corrected chi connectivity index (χ2v) is 6.63. The Morgan fingerprint density at radius 1 is 1.28 bits per heavy atom. The second-order valence-electron chi connectivity index (χ2n) is 6.63. The van der Waals surface area contributed by atoms with E-state index in [2.05, 4.69) is 17.4 Å². The molecule has 25 heavy (non-hydrogen) atoms. The van der Waals surface area contributed by atoms with Crippen LogP contribution in [-0.2, 0) is 16.0 Å². The average Bonchev–Trinajstić information content (AvgIpc) is 3.03. The van der Waals surface area contributed by atoms with E-state index in [-0.39, 0.29) is 24.3 Å². The van der Waals surface area contributed by atoms with Gasteiger partial charge in [-0.1, -0.05) is 30.6 Å². The first kappa shape index (κ1) is 17.5. The number of fused-ring (bicyclic) bond motifs is 1. The van der Waals surface area contributed by atoms with E-state index in [1.165, 1.54) is 0 Å². The van der Waals surface area contributed by atoms with Crippen molar-refractivity contribution < 1.29 is 14.1 Å². The van der Waals surface area contributed by atoms with Crippen LogP contribution in [0, 0.1) is 0 Å². The molecular formula is C19H25N3O3. The van der Waals surface area contributed by atoms with Gasteiger partial charge in [0.15, 0.2) is 5.58 Å². The van der Waals surface area contributed by atoms with Gasteiger partial charge in [0.1, 0.15) is 5.69 Å². The lowest BCUT2D eigenvalue weighted by Gasteiger charge is -2.32. The summed E-state index contributed by atoms with van der Waals surface area (Å²) in [6.07, 6.45) is 4.41. The van der Waals surface area contributed by atoms with Gasteiger partial charge in [-0.05, 0) is 31.4 Å². The minimum atomic E-state index is 0.0646. The van der Waals surface area contributed by atoms with Gasteiger partial charge >= 0.3 is 0 Å². The molecule has 2 aromatic rings. The largest absolute Gasteiger partial charge is 0.356 e. The fraction of sp³-hybridized carbons (Fsp3) is 0.526. The molecule has 1 saturated heterocycles. The van der Waals surface area contributed by atoms with Gasteiger partial charge in [0.25, 0.3) is 0 Å². The SMILES string of the molecule is CCCCC(=O)NC1CCN(C(=O)Cc2noc3ccccc23)CC1. The molecule has 6 nitrogen and oxygen atoms in total. The fourth-order valence-corrected chi connectivity index (χ4v) is 3.23. The number of nitrogens with one attached hydrogen (secondary N) is 1. The van der Waals surface area contributed by atoms with Crippen molar-refractivity contribution in [3.05, 3.63) is 30.0 Å². The van der Waals surface area contributed by atoms with Crippen LogP contribution in [0.4, 0.5) is 0 Å². The number of hydrogen-bond donors (Lipinski definition) is 1. The molecule has 1 aliphatic rings. The molecule has 3 rings (SSSR count). The van der Waals surface area contributed by atoms with Crippen LogP contribution in [0.3, 0.4) is 0 Å². The van der Waals surface area contributed by atoms with E-state index in [1.807, 2.05) is 29.2 Å². The van der Waals surface area contributed by atoms with Crippen molar-refractivity contribution >= 4 is 22.8 Å². The molecule has 0 bridgehead atoms. The molecule has 6 heteroatoms. The van der Waals surface area contributed by atoms with Crippen LogP contribution >= 0.6 is 0 Å². The third-order valence-corrected chi connectivity index (χ3v) is 4.74. The molecule has 0 atom stereocenters. The molecule has 1 aliphatic heterocycles. The van der Waals surface area contributed by atoms with E-state index in [0.717, 1.165) is 31.1 Å². The van der Waals surface area contributed by atoms with Crippen molar-refractivity contribution in [1.82, 2.24) is 15.4 Å². The van der Waals surface area contributed by atoms with Crippen molar-refractivity contribution in [2.75, 3.05) is 13.1 Å². The number of likely N-dealkylation sites (tertiary alicyclic amines) is 1. The van der Waals surface area contributed by atoms with Gasteiger partial charge in [0, 0.05) is 30.9 Å². The molecule has 1 fully saturated rings. The first-order valence-corrected chi connectivity index (χ1v) is 9.07. The summed E-state index contributed by atoms with van der Waals surface area (Å²) in [5.41, 5.74) is 1.40. The minimum Gasteiger partial charge on any atom is -0.356 e. The zero-order valence-corrected chi connectivity index (χ0v) is 14.7. The number of amides is 2. The topological polar surface area (TPSA) is 75.4 Å². The Balaban J connectivity index is 1.49. The van der Waals surface area contributed by atoms with E-state index in [4.69, 9.17) is 4.52 Å². The lowest BCUT2D eigenvalue weighted by atomic mass is 10.0. The normalized spacial score (nSPS) is 15.5. The second kappa shape index (κ2) is 8.14. The molecule has 134 valence electrons. The van der Waals surface area contributed by atoms with Gasteiger partial charge in [-0.25, -0.2) is 0 Å². The Morgan fingerprint density at radius 2 is 2.04 bits per heavy atom. The molecule has 0 spiro atoms. The Hall–Kier alpha value is -2.37. The summed E-state index contributed by atoms with van der Waals surface area (Å²) in [5, 5.41) is 8.01. The lowest BCUT2D eigenvalue weighted by Crippen LogP contribution is -2.46. The predicted octanol–water partition coefficient (Wildman–Crippen LogP) is 2.67. The van der Waals surface area contributed by atoms with Gasteiger partial charge < -0.3 is 14.7 Å². The first-order chi connectivity index (χ1) is 12.2. The number of unbranched alkanes of at least 4 members (excludes halogenated alkanes) is 1. The van der Waals surface area contributed by atoms with Gasteiger partial charge in [0.2, 0.25) is 11.8 Å². The molecule has 0 saturated carbocycles. The van der Waals surface area contributed by atoms with Crippen LogP contribution < -0.4 is 5.32 Å². The van der Waals surface area contributed by atoms with Crippen LogP contribution in [-0.4, -0.2) is 41.0 Å². The number of carbonyl (C=O) groups is 2. The van der Waals surface area contributed by atoms with Crippen molar-refractivity contribution in [2.45, 2.75) is 51.5 Å². The van der Waals surface area contributed by atoms with Crippen LogP contribution in [0.15, 0.2) is 28.8 Å². The van der Waals surface area contributed by atoms with E-state index in [1.54, 1.807) is 0 Å². The molecule has 1 aromatic heterocycles. The number of benzene rings is 1. The molecular weight excluding hydrogens is 318 g/mol. The number of nitrogens with zero attached hydrogens (tertiary/aromatic N) is 2. The van der Waals surface area contributed by atoms with Crippen molar-refractivity contribution in [3.8, 4) is 0 Å². The van der Waals surface area contributed by atoms with Crippen LogP contribution in [0.2, 0.25) is 0 Å². The van der Waals surface area contributed by atoms with Gasteiger partial charge in [-0.15, -0.1) is 0 Å². The third kappa shape index (κ3) is 4.38. The monoisotopic (exact) mass is 343 g/mol. The molecule has 0 radical (unpaired) electrons. The molecule has 1 N–H and O–H groups in total. The lowest BCUT2D eigenvalue weighted by molar-refractivity contribution is -0.131. The highest BCUT2D eigenvalue weighted by Crippen LogP contribution is 2.19. The van der Waals surface area contributed by atoms with E-state index in [9.17, 15) is 9.59 Å². The van der Waals surface area contributed by atoms with Crippen LogP contribution in [0.1, 0.15) is 44.7 Å². The maximum atomic E-state index is 12.5. The Morgan fingerprint density at radius 3 is 2.80 bits per heavy atom. The first-order valence-electron chi connectivity index (χ1n) is 9.07. The van der Waals surface area contributed by atoms with E-state index >= 15 is 0 Å². The maximum Gasteiger partial charge on any atom is 0.228 e. The molecule has 0 aliphatic carbocycles. The summed E-state index contributed by atoms with van der Waals surface area (Å²) >= 11 is 0. The smallest absolute Gasteiger partial charge is 0.228 e. The number of carbonyl (C=O) groups excluding carboxylic acids is 2. The molecule has 2 heterocycles. The van der Waals surface area contributed by atoms with Crippen LogP contribution in [0.5, 0.6) is 0 Å². The minimum absolute atomic E-state index is 0.0646. The van der Waals surface area contributed by atoms with Crippen molar-refractivity contribution in [3.63, 3.8) is 0 Å². The summed E-state index contributed by atoms with van der Waals surface area (Å²) in [4.78, 5) is 26.2. The van der Waals surface area contributed by atoms with Gasteiger partial charge in [0.05, 0.1) is 6.42 Å². The molecule has 0 unspecified atom stereocenters. The number of hydrogen-bond acceptors (Lipinski definition) is 4. The van der Waals surface area contributed by atoms with Gasteiger partial charge in [-0.3, -0.25) is 9.59 Å². The summed E-state index contributed by atoms with van der Waals surface area (Å²) in [5.74, 6) is 0.190. The highest BCUT2D eigenvalue weighted by atomic mass is 16.5. The summed E-state index contributed by atoms with van der Waals surface area (Å²) < 4.78 is 5.26. The Bertz CT molecular complexity index is 732. The number of piperidine rings is 1. The van der Waals surface area contributed by atoms with E-state index < -0.39 is 0 Å².